The molecule has 0 fully saturated rings. The van der Waals surface area contributed by atoms with E-state index in [0.717, 1.165) is 12.3 Å². The predicted molar refractivity (Wildman–Crippen MR) is 41.3 cm³/mol. The van der Waals surface area contributed by atoms with Gasteiger partial charge in [-0.3, -0.25) is 0 Å². The second-order valence-electron chi connectivity index (χ2n) is 2.03. The van der Waals surface area contributed by atoms with Crippen LogP contribution in [0.5, 0.6) is 0 Å². The standard InChI is InChI=1S/C7H13S/c1-3-7(4-2)5-6-8/h7H,3-5H2,1-2H3. The Hall–Kier alpha value is 0.0900. The largest absolute Gasteiger partial charge is 0.0837 e. The summed E-state index contributed by atoms with van der Waals surface area (Å²) in [7, 11) is 0. The Bertz CT molecular complexity index is 55.4. The molecular formula is C7H13S. The van der Waals surface area contributed by atoms with E-state index in [1.54, 1.807) is 0 Å². The SMILES string of the molecule is CCC(CC)C[C]=S. The summed E-state index contributed by atoms with van der Waals surface area (Å²) in [6.07, 6.45) is 3.46. The van der Waals surface area contributed by atoms with Gasteiger partial charge >= 0.3 is 0 Å². The number of hydrogen-bond donors (Lipinski definition) is 0. The Kier molecular flexibility index (Phi) is 5.29. The van der Waals surface area contributed by atoms with Crippen LogP contribution in [0, 0.1) is 5.92 Å². The summed E-state index contributed by atoms with van der Waals surface area (Å²) in [6.45, 7) is 4.39. The molecule has 0 aliphatic carbocycles. The third kappa shape index (κ3) is 3.14. The summed E-state index contributed by atoms with van der Waals surface area (Å²) < 4.78 is 0. The maximum absolute atomic E-state index is 4.61. The summed E-state index contributed by atoms with van der Waals surface area (Å²) in [6, 6.07) is 0. The number of thiocarbonyl (C=S) groups is 1. The van der Waals surface area contributed by atoms with Gasteiger partial charge in [-0.15, -0.1) is 0 Å². The molecule has 0 bridgehead atoms. The van der Waals surface area contributed by atoms with Crippen molar-refractivity contribution in [2.75, 3.05) is 0 Å². The van der Waals surface area contributed by atoms with Gasteiger partial charge in [-0.05, 0) is 12.3 Å². The first-order valence-corrected chi connectivity index (χ1v) is 3.60. The van der Waals surface area contributed by atoms with E-state index in [-0.39, 0.29) is 0 Å². The average Bonchev–Trinajstić information content (AvgIpc) is 1.83. The highest BCUT2D eigenvalue weighted by Crippen LogP contribution is 2.09. The van der Waals surface area contributed by atoms with E-state index in [2.05, 4.69) is 31.4 Å². The van der Waals surface area contributed by atoms with Crippen molar-refractivity contribution in [2.24, 2.45) is 5.92 Å². The number of rotatable bonds is 4. The van der Waals surface area contributed by atoms with Crippen molar-refractivity contribution in [1.82, 2.24) is 0 Å². The third-order valence-electron chi connectivity index (χ3n) is 1.53. The first kappa shape index (κ1) is 8.09. The van der Waals surface area contributed by atoms with Crippen molar-refractivity contribution in [3.05, 3.63) is 0 Å². The van der Waals surface area contributed by atoms with Crippen LogP contribution < -0.4 is 0 Å². The first-order chi connectivity index (χ1) is 3.85. The van der Waals surface area contributed by atoms with Gasteiger partial charge in [-0.1, -0.05) is 38.9 Å². The molecule has 8 heavy (non-hydrogen) atoms. The lowest BCUT2D eigenvalue weighted by Gasteiger charge is -2.05. The Balaban J connectivity index is 3.20. The zero-order valence-corrected chi connectivity index (χ0v) is 6.42. The fourth-order valence-corrected chi connectivity index (χ4v) is 0.931. The van der Waals surface area contributed by atoms with E-state index in [0.29, 0.717) is 0 Å². The molecule has 0 atom stereocenters. The fraction of sp³-hybridized carbons (Fsp3) is 0.857. The highest BCUT2D eigenvalue weighted by atomic mass is 32.1. The van der Waals surface area contributed by atoms with E-state index in [4.69, 9.17) is 0 Å². The second-order valence-corrected chi connectivity index (χ2v) is 2.32. The molecule has 1 heteroatoms. The summed E-state index contributed by atoms with van der Waals surface area (Å²) in [5.74, 6) is 0.785. The van der Waals surface area contributed by atoms with Crippen molar-refractivity contribution < 1.29 is 0 Å². The topological polar surface area (TPSA) is 0 Å². The van der Waals surface area contributed by atoms with Gasteiger partial charge in [0.1, 0.15) is 0 Å². The van der Waals surface area contributed by atoms with E-state index in [1.807, 2.05) is 0 Å². The molecule has 0 unspecified atom stereocenters. The van der Waals surface area contributed by atoms with Crippen LogP contribution in [-0.2, 0) is 0 Å². The van der Waals surface area contributed by atoms with Crippen molar-refractivity contribution in [3.63, 3.8) is 0 Å². The predicted octanol–water partition coefficient (Wildman–Crippen LogP) is 2.69. The van der Waals surface area contributed by atoms with Gasteiger partial charge in [0, 0.05) is 5.37 Å². The lowest BCUT2D eigenvalue weighted by molar-refractivity contribution is 0.517. The zero-order chi connectivity index (χ0) is 6.41. The highest BCUT2D eigenvalue weighted by molar-refractivity contribution is 7.78. The van der Waals surface area contributed by atoms with Gasteiger partial charge in [-0.25, -0.2) is 0 Å². The van der Waals surface area contributed by atoms with Gasteiger partial charge in [0.15, 0.2) is 0 Å². The van der Waals surface area contributed by atoms with Gasteiger partial charge in [0.05, 0.1) is 0 Å². The van der Waals surface area contributed by atoms with Crippen molar-refractivity contribution in [2.45, 2.75) is 33.1 Å². The van der Waals surface area contributed by atoms with Crippen LogP contribution in [0.2, 0.25) is 0 Å². The van der Waals surface area contributed by atoms with Crippen LogP contribution in [0.4, 0.5) is 0 Å². The number of hydrogen-bond acceptors (Lipinski definition) is 1. The third-order valence-corrected chi connectivity index (χ3v) is 1.69. The van der Waals surface area contributed by atoms with Crippen LogP contribution in [0.15, 0.2) is 0 Å². The minimum absolute atomic E-state index is 0.785. The van der Waals surface area contributed by atoms with Crippen molar-refractivity contribution in [3.8, 4) is 0 Å². The van der Waals surface area contributed by atoms with E-state index >= 15 is 0 Å². The zero-order valence-electron chi connectivity index (χ0n) is 5.61. The maximum atomic E-state index is 4.61. The lowest BCUT2D eigenvalue weighted by atomic mass is 10.0. The minimum Gasteiger partial charge on any atom is -0.0837 e. The lowest BCUT2D eigenvalue weighted by Crippen LogP contribution is -1.95. The maximum Gasteiger partial charge on any atom is 0.0294 e. The smallest absolute Gasteiger partial charge is 0.0294 e. The molecular weight excluding hydrogens is 116 g/mol. The molecule has 0 nitrogen and oxygen atoms in total. The molecule has 0 aromatic rings. The molecule has 0 heterocycles. The molecule has 0 aliphatic heterocycles. The minimum atomic E-state index is 0.785. The molecule has 0 rings (SSSR count). The summed E-state index contributed by atoms with van der Waals surface area (Å²) in [4.78, 5) is 0. The molecule has 0 aromatic heterocycles. The van der Waals surface area contributed by atoms with E-state index < -0.39 is 0 Å². The van der Waals surface area contributed by atoms with Gasteiger partial charge < -0.3 is 0 Å². The molecule has 0 aliphatic rings. The van der Waals surface area contributed by atoms with Gasteiger partial charge in [-0.2, -0.15) is 0 Å². The summed E-state index contributed by atoms with van der Waals surface area (Å²) in [5.41, 5.74) is 0. The Morgan fingerprint density at radius 1 is 1.38 bits per heavy atom. The van der Waals surface area contributed by atoms with Crippen molar-refractivity contribution >= 4 is 17.6 Å². The van der Waals surface area contributed by atoms with Crippen LogP contribution >= 0.6 is 12.2 Å². The quantitative estimate of drug-likeness (QED) is 0.526. The average molecular weight is 129 g/mol. The molecule has 47 valence electrons. The highest BCUT2D eigenvalue weighted by Gasteiger charge is 1.98. The van der Waals surface area contributed by atoms with E-state index in [1.165, 1.54) is 12.8 Å². The van der Waals surface area contributed by atoms with Crippen LogP contribution in [-0.4, -0.2) is 5.37 Å². The summed E-state index contributed by atoms with van der Waals surface area (Å²) >= 11 is 4.61. The normalized spacial score (nSPS) is 9.88. The Labute approximate surface area is 57.3 Å². The van der Waals surface area contributed by atoms with Crippen molar-refractivity contribution in [1.29, 1.82) is 0 Å². The summed E-state index contributed by atoms with van der Waals surface area (Å²) in [5, 5.41) is 2.75. The van der Waals surface area contributed by atoms with Crippen LogP contribution in [0.1, 0.15) is 33.1 Å². The molecule has 1 radical (unpaired) electrons. The van der Waals surface area contributed by atoms with E-state index in [9.17, 15) is 0 Å². The molecule has 0 aromatic carbocycles. The Morgan fingerprint density at radius 2 is 1.88 bits per heavy atom. The molecule has 0 amide bonds. The van der Waals surface area contributed by atoms with Gasteiger partial charge in [0.2, 0.25) is 0 Å². The monoisotopic (exact) mass is 129 g/mol. The Morgan fingerprint density at radius 3 is 2.00 bits per heavy atom. The van der Waals surface area contributed by atoms with Crippen LogP contribution in [0.3, 0.4) is 0 Å². The van der Waals surface area contributed by atoms with Gasteiger partial charge in [0.25, 0.3) is 0 Å². The second kappa shape index (κ2) is 5.23. The molecule has 0 N–H and O–H groups in total. The molecule has 0 spiro atoms. The van der Waals surface area contributed by atoms with Crippen LogP contribution in [0.25, 0.3) is 0 Å². The molecule has 0 saturated carbocycles. The molecule has 0 saturated heterocycles. The fourth-order valence-electron chi connectivity index (χ4n) is 0.695. The first-order valence-electron chi connectivity index (χ1n) is 3.20.